The fourth-order valence-electron chi connectivity index (χ4n) is 2.74. The number of carbonyl (C=O) groups is 1. The van der Waals surface area contributed by atoms with Crippen molar-refractivity contribution < 1.29 is 19.0 Å². The van der Waals surface area contributed by atoms with Crippen LogP contribution >= 0.6 is 11.6 Å². The lowest BCUT2D eigenvalue weighted by Crippen LogP contribution is -2.41. The van der Waals surface area contributed by atoms with Gasteiger partial charge in [0.1, 0.15) is 23.4 Å². The molecule has 4 nitrogen and oxygen atoms in total. The van der Waals surface area contributed by atoms with Crippen molar-refractivity contribution in [1.82, 2.24) is 4.90 Å². The maximum atomic E-state index is 13.0. The van der Waals surface area contributed by atoms with Crippen molar-refractivity contribution in [3.63, 3.8) is 0 Å². The first-order valence-corrected chi connectivity index (χ1v) is 8.11. The third-order valence-corrected chi connectivity index (χ3v) is 4.29. The topological polar surface area (TPSA) is 49.8 Å². The highest BCUT2D eigenvalue weighted by molar-refractivity contribution is 6.30. The van der Waals surface area contributed by atoms with Gasteiger partial charge in [0.2, 0.25) is 0 Å². The molecule has 24 heavy (non-hydrogen) atoms. The summed E-state index contributed by atoms with van der Waals surface area (Å²) in [6.07, 6.45) is 1.41. The molecule has 1 fully saturated rings. The Morgan fingerprint density at radius 1 is 1.17 bits per heavy atom. The van der Waals surface area contributed by atoms with Crippen molar-refractivity contribution in [2.45, 2.75) is 18.9 Å². The van der Waals surface area contributed by atoms with Crippen LogP contribution in [0.5, 0.6) is 11.5 Å². The van der Waals surface area contributed by atoms with Gasteiger partial charge < -0.3 is 14.7 Å². The number of phenolic OH excluding ortho intramolecular Hbond substituents is 1. The smallest absolute Gasteiger partial charge is 0.257 e. The Bertz CT molecular complexity index is 728. The summed E-state index contributed by atoms with van der Waals surface area (Å²) >= 11 is 5.85. The number of nitrogens with zero attached hydrogens (tertiary/aromatic N) is 1. The average Bonchev–Trinajstić information content (AvgIpc) is 2.57. The number of amides is 1. The monoisotopic (exact) mass is 349 g/mol. The second kappa shape index (κ2) is 7.09. The predicted molar refractivity (Wildman–Crippen MR) is 89.1 cm³/mol. The van der Waals surface area contributed by atoms with Gasteiger partial charge in [-0.3, -0.25) is 4.79 Å². The molecule has 6 heteroatoms. The van der Waals surface area contributed by atoms with Crippen LogP contribution < -0.4 is 4.74 Å². The molecule has 2 aromatic rings. The van der Waals surface area contributed by atoms with Gasteiger partial charge in [-0.05, 0) is 36.4 Å². The van der Waals surface area contributed by atoms with Gasteiger partial charge in [0, 0.05) is 37.0 Å². The summed E-state index contributed by atoms with van der Waals surface area (Å²) in [7, 11) is 0. The predicted octanol–water partition coefficient (Wildman–Crippen LogP) is 3.87. The highest BCUT2D eigenvalue weighted by Gasteiger charge is 2.26. The second-order valence-corrected chi connectivity index (χ2v) is 6.16. The first-order valence-electron chi connectivity index (χ1n) is 7.73. The first kappa shape index (κ1) is 16.6. The van der Waals surface area contributed by atoms with Crippen molar-refractivity contribution in [2.75, 3.05) is 13.1 Å². The van der Waals surface area contributed by atoms with E-state index < -0.39 is 5.82 Å². The summed E-state index contributed by atoms with van der Waals surface area (Å²) in [5.74, 6) is -0.448. The first-order chi connectivity index (χ1) is 11.5. The van der Waals surface area contributed by atoms with Gasteiger partial charge in [0.05, 0.1) is 5.56 Å². The lowest BCUT2D eigenvalue weighted by Gasteiger charge is -2.32. The Morgan fingerprint density at radius 3 is 2.46 bits per heavy atom. The number of halogens is 2. The zero-order valence-corrected chi connectivity index (χ0v) is 13.7. The van der Waals surface area contributed by atoms with E-state index in [0.29, 0.717) is 31.0 Å². The van der Waals surface area contributed by atoms with Crippen LogP contribution in [0.15, 0.2) is 42.5 Å². The van der Waals surface area contributed by atoms with Crippen LogP contribution in [0.4, 0.5) is 4.39 Å². The minimum atomic E-state index is -0.570. The summed E-state index contributed by atoms with van der Waals surface area (Å²) in [6, 6.07) is 10.6. The average molecular weight is 350 g/mol. The highest BCUT2D eigenvalue weighted by atomic mass is 35.5. The van der Waals surface area contributed by atoms with E-state index in [0.717, 1.165) is 11.8 Å². The SMILES string of the molecule is O=C(c1ccc(F)cc1O)N1CCC(Oc2ccc(Cl)cc2)CC1. The van der Waals surface area contributed by atoms with Crippen LogP contribution in [-0.4, -0.2) is 35.1 Å². The molecule has 0 radical (unpaired) electrons. The molecule has 1 saturated heterocycles. The van der Waals surface area contributed by atoms with E-state index in [9.17, 15) is 14.3 Å². The van der Waals surface area contributed by atoms with Crippen LogP contribution in [0.25, 0.3) is 0 Å². The summed E-state index contributed by atoms with van der Waals surface area (Å²) < 4.78 is 18.9. The van der Waals surface area contributed by atoms with Gasteiger partial charge in [0.15, 0.2) is 0 Å². The summed E-state index contributed by atoms with van der Waals surface area (Å²) in [5.41, 5.74) is 0.119. The largest absolute Gasteiger partial charge is 0.507 e. The molecule has 1 amide bonds. The maximum absolute atomic E-state index is 13.0. The van der Waals surface area contributed by atoms with Crippen LogP contribution in [0.3, 0.4) is 0 Å². The maximum Gasteiger partial charge on any atom is 0.257 e. The van der Waals surface area contributed by atoms with Crippen molar-refractivity contribution in [2.24, 2.45) is 0 Å². The van der Waals surface area contributed by atoms with Crippen LogP contribution in [0, 0.1) is 5.82 Å². The standard InChI is InChI=1S/C18H17ClFNO3/c19-12-1-4-14(5-2-12)24-15-7-9-21(10-8-15)18(23)16-6-3-13(20)11-17(16)22/h1-6,11,15,22H,7-10H2. The van der Waals surface area contributed by atoms with Gasteiger partial charge in [-0.2, -0.15) is 0 Å². The van der Waals surface area contributed by atoms with E-state index in [1.807, 2.05) is 12.1 Å². The molecule has 3 rings (SSSR count). The number of ether oxygens (including phenoxy) is 1. The molecule has 0 aromatic heterocycles. The van der Waals surface area contributed by atoms with Crippen LogP contribution in [0.1, 0.15) is 23.2 Å². The van der Waals surface area contributed by atoms with E-state index in [-0.39, 0.29) is 23.3 Å². The van der Waals surface area contributed by atoms with Crippen molar-refractivity contribution in [3.05, 3.63) is 58.9 Å². The number of hydrogen-bond donors (Lipinski definition) is 1. The molecule has 2 aromatic carbocycles. The molecular weight excluding hydrogens is 333 g/mol. The lowest BCUT2D eigenvalue weighted by atomic mass is 10.1. The number of benzene rings is 2. The Morgan fingerprint density at radius 2 is 1.83 bits per heavy atom. The molecule has 0 unspecified atom stereocenters. The van der Waals surface area contributed by atoms with E-state index in [1.165, 1.54) is 12.1 Å². The molecule has 1 N–H and O–H groups in total. The van der Waals surface area contributed by atoms with Crippen molar-refractivity contribution in [1.29, 1.82) is 0 Å². The number of likely N-dealkylation sites (tertiary alicyclic amines) is 1. The van der Waals surface area contributed by atoms with Crippen molar-refractivity contribution >= 4 is 17.5 Å². The third kappa shape index (κ3) is 3.79. The normalized spacial score (nSPS) is 15.3. The zero-order valence-electron chi connectivity index (χ0n) is 12.9. The van der Waals surface area contributed by atoms with Gasteiger partial charge in [-0.1, -0.05) is 11.6 Å². The lowest BCUT2D eigenvalue weighted by molar-refractivity contribution is 0.0593. The Hall–Kier alpha value is -2.27. The highest BCUT2D eigenvalue weighted by Crippen LogP contribution is 2.24. The number of aromatic hydroxyl groups is 1. The molecule has 0 aliphatic carbocycles. The quantitative estimate of drug-likeness (QED) is 0.915. The molecule has 1 heterocycles. The Kier molecular flexibility index (Phi) is 4.90. The molecule has 0 saturated carbocycles. The van der Waals surface area contributed by atoms with E-state index in [1.54, 1.807) is 17.0 Å². The van der Waals surface area contributed by atoms with E-state index in [2.05, 4.69) is 0 Å². The molecule has 1 aliphatic rings. The third-order valence-electron chi connectivity index (χ3n) is 4.04. The van der Waals surface area contributed by atoms with Crippen molar-refractivity contribution in [3.8, 4) is 11.5 Å². The molecule has 0 spiro atoms. The molecular formula is C18H17ClFNO3. The number of piperidine rings is 1. The van der Waals surface area contributed by atoms with Gasteiger partial charge in [0.25, 0.3) is 5.91 Å². The number of rotatable bonds is 3. The minimum Gasteiger partial charge on any atom is -0.507 e. The van der Waals surface area contributed by atoms with Gasteiger partial charge in [-0.15, -0.1) is 0 Å². The zero-order chi connectivity index (χ0) is 17.1. The van der Waals surface area contributed by atoms with E-state index >= 15 is 0 Å². The molecule has 126 valence electrons. The summed E-state index contributed by atoms with van der Waals surface area (Å²) in [4.78, 5) is 14.1. The number of phenols is 1. The Balaban J connectivity index is 1.58. The van der Waals surface area contributed by atoms with Crippen LogP contribution in [0.2, 0.25) is 5.02 Å². The number of hydrogen-bond acceptors (Lipinski definition) is 3. The fraction of sp³-hybridized carbons (Fsp3) is 0.278. The summed E-state index contributed by atoms with van der Waals surface area (Å²) in [5, 5.41) is 10.4. The molecule has 1 aliphatic heterocycles. The number of carbonyl (C=O) groups excluding carboxylic acids is 1. The second-order valence-electron chi connectivity index (χ2n) is 5.72. The van der Waals surface area contributed by atoms with Crippen LogP contribution in [-0.2, 0) is 0 Å². The Labute approximate surface area is 144 Å². The van der Waals surface area contributed by atoms with E-state index in [4.69, 9.17) is 16.3 Å². The molecule has 0 atom stereocenters. The fourth-order valence-corrected chi connectivity index (χ4v) is 2.86. The van der Waals surface area contributed by atoms with Gasteiger partial charge >= 0.3 is 0 Å². The minimum absolute atomic E-state index is 0.0250. The summed E-state index contributed by atoms with van der Waals surface area (Å²) in [6.45, 7) is 1.04. The molecule has 0 bridgehead atoms. The van der Waals surface area contributed by atoms with Gasteiger partial charge in [-0.25, -0.2) is 4.39 Å².